The fourth-order valence-corrected chi connectivity index (χ4v) is 2.11. The SMILES string of the molecule is CCOC(=O)C(=O)c1cccc(OC)c1SC. The second-order valence-corrected chi connectivity index (χ2v) is 3.91. The van der Waals surface area contributed by atoms with E-state index in [0.29, 0.717) is 16.2 Å². The molecule has 92 valence electrons. The Morgan fingerprint density at radius 1 is 1.35 bits per heavy atom. The van der Waals surface area contributed by atoms with Crippen molar-refractivity contribution in [3.05, 3.63) is 23.8 Å². The molecular weight excluding hydrogens is 240 g/mol. The van der Waals surface area contributed by atoms with Gasteiger partial charge in [0.25, 0.3) is 5.78 Å². The second-order valence-electron chi connectivity index (χ2n) is 3.09. The first-order valence-corrected chi connectivity index (χ1v) is 6.30. The number of hydrogen-bond donors (Lipinski definition) is 0. The average molecular weight is 254 g/mol. The summed E-state index contributed by atoms with van der Waals surface area (Å²) in [6.07, 6.45) is 1.82. The van der Waals surface area contributed by atoms with Gasteiger partial charge in [-0.25, -0.2) is 4.79 Å². The molecule has 1 aromatic carbocycles. The van der Waals surface area contributed by atoms with Crippen molar-refractivity contribution in [2.45, 2.75) is 11.8 Å². The number of ether oxygens (including phenoxy) is 2. The number of carbonyl (C=O) groups excluding carboxylic acids is 2. The average Bonchev–Trinajstić information content (AvgIpc) is 2.36. The van der Waals surface area contributed by atoms with Gasteiger partial charge >= 0.3 is 5.97 Å². The van der Waals surface area contributed by atoms with Crippen molar-refractivity contribution in [2.75, 3.05) is 20.0 Å². The first-order valence-electron chi connectivity index (χ1n) is 5.08. The number of hydrogen-bond acceptors (Lipinski definition) is 5. The summed E-state index contributed by atoms with van der Waals surface area (Å²) >= 11 is 1.36. The molecule has 0 fully saturated rings. The van der Waals surface area contributed by atoms with Crippen molar-refractivity contribution in [3.8, 4) is 5.75 Å². The summed E-state index contributed by atoms with van der Waals surface area (Å²) in [6.45, 7) is 1.84. The normalized spacial score (nSPS) is 9.82. The monoisotopic (exact) mass is 254 g/mol. The lowest BCUT2D eigenvalue weighted by Gasteiger charge is -2.10. The van der Waals surface area contributed by atoms with Crippen LogP contribution in [0.25, 0.3) is 0 Å². The zero-order chi connectivity index (χ0) is 12.8. The number of Topliss-reactive ketones (excluding diaryl/α,β-unsaturated/α-hetero) is 1. The van der Waals surface area contributed by atoms with Crippen LogP contribution in [0.1, 0.15) is 17.3 Å². The van der Waals surface area contributed by atoms with E-state index < -0.39 is 11.8 Å². The largest absolute Gasteiger partial charge is 0.496 e. The molecule has 0 saturated heterocycles. The topological polar surface area (TPSA) is 52.6 Å². The molecule has 0 radical (unpaired) electrons. The maximum Gasteiger partial charge on any atom is 0.379 e. The molecule has 0 spiro atoms. The number of carbonyl (C=O) groups is 2. The van der Waals surface area contributed by atoms with E-state index >= 15 is 0 Å². The van der Waals surface area contributed by atoms with Gasteiger partial charge in [-0.2, -0.15) is 0 Å². The summed E-state index contributed by atoms with van der Waals surface area (Å²) in [5.41, 5.74) is 0.315. The van der Waals surface area contributed by atoms with Crippen LogP contribution in [-0.2, 0) is 9.53 Å². The number of thioether (sulfide) groups is 1. The van der Waals surface area contributed by atoms with Gasteiger partial charge in [0.05, 0.1) is 18.6 Å². The van der Waals surface area contributed by atoms with Crippen LogP contribution in [0.4, 0.5) is 0 Å². The van der Waals surface area contributed by atoms with Crippen LogP contribution < -0.4 is 4.74 Å². The lowest BCUT2D eigenvalue weighted by Crippen LogP contribution is -2.18. The van der Waals surface area contributed by atoms with Gasteiger partial charge in [0.1, 0.15) is 5.75 Å². The van der Waals surface area contributed by atoms with Crippen LogP contribution in [0.5, 0.6) is 5.75 Å². The van der Waals surface area contributed by atoms with Crippen molar-refractivity contribution in [1.82, 2.24) is 0 Å². The molecule has 0 aliphatic heterocycles. The number of benzene rings is 1. The third-order valence-electron chi connectivity index (χ3n) is 2.11. The van der Waals surface area contributed by atoms with Crippen molar-refractivity contribution >= 4 is 23.5 Å². The van der Waals surface area contributed by atoms with Gasteiger partial charge in [-0.1, -0.05) is 6.07 Å². The van der Waals surface area contributed by atoms with Crippen LogP contribution in [0, 0.1) is 0 Å². The molecule has 0 atom stereocenters. The molecule has 0 amide bonds. The van der Waals surface area contributed by atoms with Crippen molar-refractivity contribution in [1.29, 1.82) is 0 Å². The molecule has 1 aromatic rings. The zero-order valence-electron chi connectivity index (χ0n) is 9.98. The Hall–Kier alpha value is -1.49. The van der Waals surface area contributed by atoms with Gasteiger partial charge in [0.2, 0.25) is 0 Å². The van der Waals surface area contributed by atoms with Crippen molar-refractivity contribution in [2.24, 2.45) is 0 Å². The molecule has 1 rings (SSSR count). The molecule has 0 aliphatic rings. The lowest BCUT2D eigenvalue weighted by molar-refractivity contribution is -0.137. The Morgan fingerprint density at radius 2 is 2.06 bits per heavy atom. The summed E-state index contributed by atoms with van der Waals surface area (Å²) in [7, 11) is 1.52. The predicted octanol–water partition coefficient (Wildman–Crippen LogP) is 2.16. The Morgan fingerprint density at radius 3 is 2.59 bits per heavy atom. The molecule has 0 heterocycles. The first-order chi connectivity index (χ1) is 8.15. The standard InChI is InChI=1S/C12H14O4S/c1-4-16-12(14)10(13)8-6-5-7-9(15-2)11(8)17-3/h5-7H,4H2,1-3H3. The van der Waals surface area contributed by atoms with Crippen LogP contribution in [0.2, 0.25) is 0 Å². The van der Waals surface area contributed by atoms with Gasteiger partial charge < -0.3 is 9.47 Å². The van der Waals surface area contributed by atoms with E-state index in [2.05, 4.69) is 0 Å². The van der Waals surface area contributed by atoms with Crippen molar-refractivity contribution < 1.29 is 19.1 Å². The van der Waals surface area contributed by atoms with E-state index in [1.807, 2.05) is 6.26 Å². The highest BCUT2D eigenvalue weighted by atomic mass is 32.2. The van der Waals surface area contributed by atoms with E-state index in [1.165, 1.54) is 18.9 Å². The first kappa shape index (κ1) is 13.6. The highest BCUT2D eigenvalue weighted by Gasteiger charge is 2.22. The molecule has 0 N–H and O–H groups in total. The number of esters is 1. The Labute approximate surface area is 104 Å². The predicted molar refractivity (Wildman–Crippen MR) is 65.7 cm³/mol. The van der Waals surface area contributed by atoms with Gasteiger partial charge in [-0.15, -0.1) is 11.8 Å². The minimum atomic E-state index is -0.837. The molecule has 5 heteroatoms. The quantitative estimate of drug-likeness (QED) is 0.349. The highest BCUT2D eigenvalue weighted by molar-refractivity contribution is 7.98. The fourth-order valence-electron chi connectivity index (χ4n) is 1.37. The van der Waals surface area contributed by atoms with Crippen molar-refractivity contribution in [3.63, 3.8) is 0 Å². The van der Waals surface area contributed by atoms with Crippen LogP contribution in [0.15, 0.2) is 23.1 Å². The molecule has 4 nitrogen and oxygen atoms in total. The van der Waals surface area contributed by atoms with E-state index in [1.54, 1.807) is 25.1 Å². The maximum absolute atomic E-state index is 11.8. The summed E-state index contributed by atoms with van der Waals surface area (Å²) in [4.78, 5) is 23.9. The molecule has 0 unspecified atom stereocenters. The minimum absolute atomic E-state index is 0.184. The smallest absolute Gasteiger partial charge is 0.379 e. The number of rotatable bonds is 5. The minimum Gasteiger partial charge on any atom is -0.496 e. The Bertz CT molecular complexity index is 429. The van der Waals surface area contributed by atoms with E-state index in [0.717, 1.165) is 0 Å². The fraction of sp³-hybridized carbons (Fsp3) is 0.333. The van der Waals surface area contributed by atoms with E-state index in [9.17, 15) is 9.59 Å². The lowest BCUT2D eigenvalue weighted by atomic mass is 10.1. The summed E-state index contributed by atoms with van der Waals surface area (Å²) < 4.78 is 9.83. The molecule has 17 heavy (non-hydrogen) atoms. The van der Waals surface area contributed by atoms with Crippen LogP contribution in [-0.4, -0.2) is 31.7 Å². The maximum atomic E-state index is 11.8. The van der Waals surface area contributed by atoms with Crippen LogP contribution in [0.3, 0.4) is 0 Å². The molecule has 0 aromatic heterocycles. The van der Waals surface area contributed by atoms with E-state index in [-0.39, 0.29) is 6.61 Å². The summed E-state index contributed by atoms with van der Waals surface area (Å²) in [5, 5.41) is 0. The van der Waals surface area contributed by atoms with Gasteiger partial charge in [0.15, 0.2) is 0 Å². The zero-order valence-corrected chi connectivity index (χ0v) is 10.8. The van der Waals surface area contributed by atoms with E-state index in [4.69, 9.17) is 9.47 Å². The van der Waals surface area contributed by atoms with Crippen LogP contribution >= 0.6 is 11.8 Å². The molecule has 0 aliphatic carbocycles. The third kappa shape index (κ3) is 3.00. The third-order valence-corrected chi connectivity index (χ3v) is 2.94. The number of methoxy groups -OCH3 is 1. The Kier molecular flexibility index (Phi) is 5.03. The molecule has 0 saturated carbocycles. The molecular formula is C12H14O4S. The highest BCUT2D eigenvalue weighted by Crippen LogP contribution is 2.31. The van der Waals surface area contributed by atoms with Gasteiger partial charge in [-0.05, 0) is 25.3 Å². The Balaban J connectivity index is 3.13. The molecule has 0 bridgehead atoms. The second kappa shape index (κ2) is 6.30. The summed E-state index contributed by atoms with van der Waals surface area (Å²) in [5.74, 6) is -0.904. The summed E-state index contributed by atoms with van der Waals surface area (Å²) in [6, 6.07) is 5.01. The number of ketones is 1. The van der Waals surface area contributed by atoms with Gasteiger partial charge in [0, 0.05) is 5.56 Å². The van der Waals surface area contributed by atoms with Gasteiger partial charge in [-0.3, -0.25) is 4.79 Å².